The zero-order valence-electron chi connectivity index (χ0n) is 7.90. The highest BCUT2D eigenvalue weighted by Crippen LogP contribution is 2.18. The zero-order valence-corrected chi connectivity index (χ0v) is 7.90. The van der Waals surface area contributed by atoms with Crippen LogP contribution in [0.4, 0.5) is 0 Å². The van der Waals surface area contributed by atoms with Gasteiger partial charge in [0.15, 0.2) is 0 Å². The third-order valence-electron chi connectivity index (χ3n) is 2.08. The number of hydrogen-bond acceptors (Lipinski definition) is 3. The number of aliphatic hydroxyl groups is 1. The maximum atomic E-state index is 9.79. The Bertz CT molecular complexity index is 392. The molecular weight excluding hydrogens is 180 g/mol. The summed E-state index contributed by atoms with van der Waals surface area (Å²) in [6.07, 6.45) is 4.90. The summed E-state index contributed by atoms with van der Waals surface area (Å²) in [5, 5.41) is 9.79. The molecule has 0 aliphatic heterocycles. The molecule has 0 saturated carbocycles. The van der Waals surface area contributed by atoms with Crippen LogP contribution in [0.3, 0.4) is 0 Å². The van der Waals surface area contributed by atoms with Crippen molar-refractivity contribution < 1.29 is 9.52 Å². The number of rotatable bonds is 3. The molecule has 0 aliphatic rings. The highest BCUT2D eigenvalue weighted by atomic mass is 16.3. The maximum Gasteiger partial charge on any atom is 0.108 e. The summed E-state index contributed by atoms with van der Waals surface area (Å²) >= 11 is 0. The average Bonchev–Trinajstić information content (AvgIpc) is 2.75. The standard InChI is InChI=1S/C10H12N2O2/c1-7-4-8(6-14-7)9(13)5-10-11-2-3-12-10/h2-4,6,9,13H,5H2,1H3,(H,11,12). The Morgan fingerprint density at radius 1 is 1.64 bits per heavy atom. The molecule has 2 heterocycles. The molecule has 4 heteroatoms. The quantitative estimate of drug-likeness (QED) is 0.776. The minimum atomic E-state index is -0.557. The molecule has 74 valence electrons. The first kappa shape index (κ1) is 9.02. The molecule has 0 saturated heterocycles. The SMILES string of the molecule is Cc1cc(C(O)Cc2ncc[nH]2)co1. The Kier molecular flexibility index (Phi) is 2.37. The third kappa shape index (κ3) is 1.85. The van der Waals surface area contributed by atoms with E-state index < -0.39 is 6.10 Å². The van der Waals surface area contributed by atoms with Gasteiger partial charge < -0.3 is 14.5 Å². The van der Waals surface area contributed by atoms with Crippen LogP contribution in [-0.4, -0.2) is 15.1 Å². The molecule has 14 heavy (non-hydrogen) atoms. The molecule has 0 bridgehead atoms. The van der Waals surface area contributed by atoms with Gasteiger partial charge in [-0.25, -0.2) is 4.98 Å². The highest BCUT2D eigenvalue weighted by Gasteiger charge is 2.11. The molecule has 2 rings (SSSR count). The predicted molar refractivity (Wildman–Crippen MR) is 50.7 cm³/mol. The van der Waals surface area contributed by atoms with E-state index in [1.54, 1.807) is 18.7 Å². The Balaban J connectivity index is 2.06. The first-order chi connectivity index (χ1) is 6.75. The van der Waals surface area contributed by atoms with Gasteiger partial charge in [-0.1, -0.05) is 0 Å². The van der Waals surface area contributed by atoms with Crippen LogP contribution in [0.25, 0.3) is 0 Å². The van der Waals surface area contributed by atoms with Gasteiger partial charge in [0.25, 0.3) is 0 Å². The van der Waals surface area contributed by atoms with Gasteiger partial charge in [-0.05, 0) is 13.0 Å². The second-order valence-electron chi connectivity index (χ2n) is 3.25. The van der Waals surface area contributed by atoms with Gasteiger partial charge in [0, 0.05) is 24.4 Å². The zero-order chi connectivity index (χ0) is 9.97. The van der Waals surface area contributed by atoms with Crippen molar-refractivity contribution in [1.82, 2.24) is 9.97 Å². The topological polar surface area (TPSA) is 62.1 Å². The minimum absolute atomic E-state index is 0.478. The smallest absolute Gasteiger partial charge is 0.108 e. The largest absolute Gasteiger partial charge is 0.469 e. The van der Waals surface area contributed by atoms with Gasteiger partial charge in [-0.3, -0.25) is 0 Å². The Labute approximate surface area is 81.6 Å². The number of furan rings is 1. The van der Waals surface area contributed by atoms with E-state index in [4.69, 9.17) is 4.42 Å². The van der Waals surface area contributed by atoms with E-state index in [0.717, 1.165) is 17.1 Å². The molecule has 0 amide bonds. The normalized spacial score (nSPS) is 13.0. The average molecular weight is 192 g/mol. The van der Waals surface area contributed by atoms with Crippen LogP contribution in [0.15, 0.2) is 29.1 Å². The summed E-state index contributed by atoms with van der Waals surface area (Å²) in [7, 11) is 0. The van der Waals surface area contributed by atoms with Crippen LogP contribution >= 0.6 is 0 Å². The van der Waals surface area contributed by atoms with E-state index >= 15 is 0 Å². The van der Waals surface area contributed by atoms with E-state index in [1.165, 1.54) is 0 Å². The molecule has 1 atom stereocenters. The van der Waals surface area contributed by atoms with Crippen molar-refractivity contribution >= 4 is 0 Å². The number of nitrogens with one attached hydrogen (secondary N) is 1. The fraction of sp³-hybridized carbons (Fsp3) is 0.300. The number of aliphatic hydroxyl groups excluding tert-OH is 1. The highest BCUT2D eigenvalue weighted by molar-refractivity contribution is 5.15. The predicted octanol–water partition coefficient (Wildman–Crippen LogP) is 1.59. The number of aryl methyl sites for hydroxylation is 1. The molecule has 0 aromatic carbocycles. The third-order valence-corrected chi connectivity index (χ3v) is 2.08. The van der Waals surface area contributed by atoms with E-state index in [9.17, 15) is 5.11 Å². The van der Waals surface area contributed by atoms with Crippen LogP contribution in [0.1, 0.15) is 23.3 Å². The van der Waals surface area contributed by atoms with E-state index in [-0.39, 0.29) is 0 Å². The molecular formula is C10H12N2O2. The van der Waals surface area contributed by atoms with E-state index in [2.05, 4.69) is 9.97 Å². The second-order valence-corrected chi connectivity index (χ2v) is 3.25. The number of aromatic amines is 1. The van der Waals surface area contributed by atoms with E-state index in [0.29, 0.717) is 6.42 Å². The molecule has 0 aliphatic carbocycles. The molecule has 0 spiro atoms. The summed E-state index contributed by atoms with van der Waals surface area (Å²) in [5.41, 5.74) is 0.791. The van der Waals surface area contributed by atoms with Crippen LogP contribution in [0.2, 0.25) is 0 Å². The Morgan fingerprint density at radius 2 is 2.50 bits per heavy atom. The van der Waals surface area contributed by atoms with Crippen LogP contribution < -0.4 is 0 Å². The Hall–Kier alpha value is -1.55. The first-order valence-corrected chi connectivity index (χ1v) is 4.47. The van der Waals surface area contributed by atoms with Crippen molar-refractivity contribution in [2.75, 3.05) is 0 Å². The molecule has 0 fully saturated rings. The summed E-state index contributed by atoms with van der Waals surface area (Å²) in [5.74, 6) is 1.58. The summed E-state index contributed by atoms with van der Waals surface area (Å²) in [4.78, 5) is 6.99. The van der Waals surface area contributed by atoms with Crippen molar-refractivity contribution in [3.05, 3.63) is 41.9 Å². The van der Waals surface area contributed by atoms with Gasteiger partial charge in [0.2, 0.25) is 0 Å². The lowest BCUT2D eigenvalue weighted by Crippen LogP contribution is -2.01. The molecule has 4 nitrogen and oxygen atoms in total. The van der Waals surface area contributed by atoms with Crippen molar-refractivity contribution in [2.24, 2.45) is 0 Å². The van der Waals surface area contributed by atoms with Gasteiger partial charge in [0.05, 0.1) is 12.4 Å². The molecule has 2 aromatic rings. The van der Waals surface area contributed by atoms with Gasteiger partial charge in [-0.2, -0.15) is 0 Å². The van der Waals surface area contributed by atoms with Crippen molar-refractivity contribution in [3.8, 4) is 0 Å². The number of H-pyrrole nitrogens is 1. The van der Waals surface area contributed by atoms with Gasteiger partial charge in [-0.15, -0.1) is 0 Å². The van der Waals surface area contributed by atoms with Gasteiger partial charge in [0.1, 0.15) is 11.6 Å². The number of hydrogen-bond donors (Lipinski definition) is 2. The van der Waals surface area contributed by atoms with Crippen LogP contribution in [0.5, 0.6) is 0 Å². The molecule has 0 radical (unpaired) electrons. The second kappa shape index (κ2) is 3.67. The number of nitrogens with zero attached hydrogens (tertiary/aromatic N) is 1. The summed E-state index contributed by atoms with van der Waals surface area (Å²) in [6, 6.07) is 1.83. The maximum absolute atomic E-state index is 9.79. The van der Waals surface area contributed by atoms with Crippen LogP contribution in [0, 0.1) is 6.92 Å². The first-order valence-electron chi connectivity index (χ1n) is 4.47. The molecule has 1 unspecified atom stereocenters. The number of aromatic nitrogens is 2. The minimum Gasteiger partial charge on any atom is -0.469 e. The molecule has 2 aromatic heterocycles. The molecule has 2 N–H and O–H groups in total. The fourth-order valence-electron chi connectivity index (χ4n) is 1.35. The van der Waals surface area contributed by atoms with Gasteiger partial charge >= 0.3 is 0 Å². The van der Waals surface area contributed by atoms with Crippen LogP contribution in [-0.2, 0) is 6.42 Å². The van der Waals surface area contributed by atoms with E-state index in [1.807, 2.05) is 13.0 Å². The summed E-state index contributed by atoms with van der Waals surface area (Å²) in [6.45, 7) is 1.85. The summed E-state index contributed by atoms with van der Waals surface area (Å²) < 4.78 is 5.11. The van der Waals surface area contributed by atoms with Crippen molar-refractivity contribution in [2.45, 2.75) is 19.4 Å². The van der Waals surface area contributed by atoms with Crippen molar-refractivity contribution in [3.63, 3.8) is 0 Å². The lowest BCUT2D eigenvalue weighted by molar-refractivity contribution is 0.175. The lowest BCUT2D eigenvalue weighted by Gasteiger charge is -2.04. The fourth-order valence-corrected chi connectivity index (χ4v) is 1.35. The number of imidazole rings is 1. The monoisotopic (exact) mass is 192 g/mol. The van der Waals surface area contributed by atoms with Crippen molar-refractivity contribution in [1.29, 1.82) is 0 Å². The lowest BCUT2D eigenvalue weighted by atomic mass is 10.1. The Morgan fingerprint density at radius 3 is 3.07 bits per heavy atom.